The van der Waals surface area contributed by atoms with Crippen molar-refractivity contribution >= 4 is 35.1 Å². The van der Waals surface area contributed by atoms with Crippen molar-refractivity contribution in [3.05, 3.63) is 94.5 Å². The first-order valence-corrected chi connectivity index (χ1v) is 9.56. The van der Waals surface area contributed by atoms with Gasteiger partial charge < -0.3 is 9.47 Å². The van der Waals surface area contributed by atoms with Crippen molar-refractivity contribution in [2.45, 2.75) is 12.8 Å². The van der Waals surface area contributed by atoms with Gasteiger partial charge in [-0.05, 0) is 0 Å². The summed E-state index contributed by atoms with van der Waals surface area (Å²) >= 11 is 0. The fourth-order valence-corrected chi connectivity index (χ4v) is 3.29. The van der Waals surface area contributed by atoms with Gasteiger partial charge in [0.15, 0.2) is 23.1 Å². The summed E-state index contributed by atoms with van der Waals surface area (Å²) in [5.41, 5.74) is 0.662. The van der Waals surface area contributed by atoms with Crippen molar-refractivity contribution in [2.75, 3.05) is 0 Å². The fraction of sp³-hybridized carbons (Fsp3) is 0.0833. The Bertz CT molecular complexity index is 1180. The van der Waals surface area contributed by atoms with Crippen LogP contribution >= 0.6 is 0 Å². The van der Waals surface area contributed by atoms with E-state index in [1.807, 2.05) is 0 Å². The summed E-state index contributed by atoms with van der Waals surface area (Å²) < 4.78 is 9.93. The maximum absolute atomic E-state index is 12.4. The highest BCUT2D eigenvalue weighted by molar-refractivity contribution is 6.25. The Labute approximate surface area is 181 Å². The molecule has 0 spiro atoms. The number of Topliss-reactive ketones (excluding diaryl/α,β-unsaturated/α-hetero) is 2. The second-order valence-corrected chi connectivity index (χ2v) is 6.94. The first-order chi connectivity index (χ1) is 15.3. The predicted octanol–water partition coefficient (Wildman–Crippen LogP) is 2.78. The third-order valence-corrected chi connectivity index (χ3v) is 4.83. The lowest BCUT2D eigenvalue weighted by Gasteiger charge is -2.15. The van der Waals surface area contributed by atoms with E-state index in [1.54, 1.807) is 24.3 Å². The number of carbonyl (C=O) groups excluding carboxylic acids is 6. The molecular weight excluding hydrogens is 416 g/mol. The lowest BCUT2D eigenvalue weighted by atomic mass is 9.94. The van der Waals surface area contributed by atoms with Gasteiger partial charge in [0.25, 0.3) is 0 Å². The average molecular weight is 430 g/mol. The van der Waals surface area contributed by atoms with E-state index in [-0.39, 0.29) is 22.3 Å². The third kappa shape index (κ3) is 3.93. The van der Waals surface area contributed by atoms with E-state index in [0.717, 1.165) is 12.2 Å². The number of allylic oxidation sites excluding steroid dienone is 4. The molecule has 2 aliphatic rings. The fourth-order valence-electron chi connectivity index (χ4n) is 3.29. The van der Waals surface area contributed by atoms with Crippen LogP contribution in [0, 0.1) is 0 Å². The zero-order valence-electron chi connectivity index (χ0n) is 16.5. The van der Waals surface area contributed by atoms with Crippen molar-refractivity contribution in [1.82, 2.24) is 0 Å². The number of benzene rings is 2. The number of fused-ring (bicyclic) bond motifs is 2. The molecule has 0 aliphatic heterocycles. The molecule has 0 saturated carbocycles. The topological polar surface area (TPSA) is 121 Å². The zero-order valence-corrected chi connectivity index (χ0v) is 16.5. The minimum Gasteiger partial charge on any atom is -0.422 e. The Balaban J connectivity index is 1.35. The molecule has 158 valence electrons. The van der Waals surface area contributed by atoms with Crippen LogP contribution in [0.4, 0.5) is 0 Å². The summed E-state index contributed by atoms with van der Waals surface area (Å²) in [6, 6.07) is 12.3. The van der Waals surface area contributed by atoms with Crippen LogP contribution in [0.1, 0.15) is 54.3 Å². The normalized spacial score (nSPS) is 14.8. The van der Waals surface area contributed by atoms with Crippen molar-refractivity contribution in [1.29, 1.82) is 0 Å². The lowest BCUT2D eigenvalue weighted by molar-refractivity contribution is -0.145. The van der Waals surface area contributed by atoms with E-state index in [0.29, 0.717) is 0 Å². The van der Waals surface area contributed by atoms with Gasteiger partial charge in [0.1, 0.15) is 0 Å². The quantitative estimate of drug-likeness (QED) is 0.664. The van der Waals surface area contributed by atoms with Crippen molar-refractivity contribution in [2.24, 2.45) is 0 Å². The monoisotopic (exact) mass is 430 g/mol. The molecule has 8 nitrogen and oxygen atoms in total. The summed E-state index contributed by atoms with van der Waals surface area (Å²) in [7, 11) is 0. The van der Waals surface area contributed by atoms with Crippen molar-refractivity contribution in [3.8, 4) is 0 Å². The maximum atomic E-state index is 12.4. The van der Waals surface area contributed by atoms with Gasteiger partial charge in [0.2, 0.25) is 11.6 Å². The van der Waals surface area contributed by atoms with Gasteiger partial charge in [-0.3, -0.25) is 28.8 Å². The largest absolute Gasteiger partial charge is 0.422 e. The van der Waals surface area contributed by atoms with Crippen LogP contribution in [0.2, 0.25) is 0 Å². The molecule has 0 aromatic heterocycles. The van der Waals surface area contributed by atoms with E-state index < -0.39 is 59.4 Å². The minimum atomic E-state index is -0.931. The van der Waals surface area contributed by atoms with Crippen LogP contribution in [0.3, 0.4) is 0 Å². The Morgan fingerprint density at radius 2 is 0.906 bits per heavy atom. The van der Waals surface area contributed by atoms with Gasteiger partial charge in [-0.1, -0.05) is 48.5 Å². The average Bonchev–Trinajstić information content (AvgIpc) is 2.79. The number of ether oxygens (including phenoxy) is 2. The second kappa shape index (κ2) is 8.35. The molecule has 32 heavy (non-hydrogen) atoms. The van der Waals surface area contributed by atoms with Gasteiger partial charge in [-0.2, -0.15) is 0 Å². The Morgan fingerprint density at radius 3 is 1.28 bits per heavy atom. The number of carbonyl (C=O) groups is 6. The van der Waals surface area contributed by atoms with Gasteiger partial charge in [-0.25, -0.2) is 0 Å². The Hall–Kier alpha value is -4.46. The molecule has 2 aromatic carbocycles. The molecule has 2 aliphatic carbocycles. The summed E-state index contributed by atoms with van der Waals surface area (Å²) in [5, 5.41) is 0. The molecule has 0 heterocycles. The van der Waals surface area contributed by atoms with E-state index in [2.05, 4.69) is 0 Å². The number of hydrogen-bond acceptors (Lipinski definition) is 8. The predicted molar refractivity (Wildman–Crippen MR) is 108 cm³/mol. The number of hydrogen-bond donors (Lipinski definition) is 0. The van der Waals surface area contributed by atoms with Gasteiger partial charge in [0.05, 0.1) is 12.8 Å². The Morgan fingerprint density at radius 1 is 0.562 bits per heavy atom. The number of ketones is 4. The van der Waals surface area contributed by atoms with E-state index in [4.69, 9.17) is 9.47 Å². The second-order valence-electron chi connectivity index (χ2n) is 6.94. The van der Waals surface area contributed by atoms with Crippen LogP contribution in [0.5, 0.6) is 0 Å². The zero-order chi connectivity index (χ0) is 22.8. The maximum Gasteiger partial charge on any atom is 0.311 e. The van der Waals surface area contributed by atoms with E-state index in [1.165, 1.54) is 24.3 Å². The van der Waals surface area contributed by atoms with Crippen molar-refractivity contribution in [3.63, 3.8) is 0 Å². The van der Waals surface area contributed by atoms with Gasteiger partial charge >= 0.3 is 11.9 Å². The van der Waals surface area contributed by atoms with Gasteiger partial charge in [0, 0.05) is 34.4 Å². The van der Waals surface area contributed by atoms with Crippen LogP contribution in [-0.2, 0) is 19.1 Å². The highest BCUT2D eigenvalue weighted by atomic mass is 16.5. The molecule has 0 radical (unpaired) electrons. The molecule has 0 fully saturated rings. The summed E-state index contributed by atoms with van der Waals surface area (Å²) in [4.78, 5) is 73.2. The molecule has 8 heteroatoms. The standard InChI is InChI=1S/C24H14O8/c25-17-11-19(23(29)15-7-3-1-5-13(15)17)31-21(27)9-10-22(28)32-20-12-18(26)14-6-2-4-8-16(14)24(20)30/h1-8,11-12H,9-10H2. The Kier molecular flexibility index (Phi) is 5.43. The number of rotatable bonds is 5. The molecule has 2 aromatic rings. The molecule has 0 saturated heterocycles. The molecule has 0 N–H and O–H groups in total. The lowest BCUT2D eigenvalue weighted by Crippen LogP contribution is -2.22. The molecule has 0 amide bonds. The summed E-state index contributed by atoms with van der Waals surface area (Å²) in [6.45, 7) is 0. The first kappa shape index (κ1) is 20.8. The molecular formula is C24H14O8. The van der Waals surface area contributed by atoms with Crippen LogP contribution in [-0.4, -0.2) is 35.1 Å². The van der Waals surface area contributed by atoms with Crippen LogP contribution in [0.15, 0.2) is 72.2 Å². The van der Waals surface area contributed by atoms with Gasteiger partial charge in [-0.15, -0.1) is 0 Å². The first-order valence-electron chi connectivity index (χ1n) is 9.56. The third-order valence-electron chi connectivity index (χ3n) is 4.83. The minimum absolute atomic E-state index is 0.120. The molecule has 0 unspecified atom stereocenters. The van der Waals surface area contributed by atoms with Crippen LogP contribution in [0.25, 0.3) is 0 Å². The summed E-state index contributed by atoms with van der Waals surface area (Å²) in [5.74, 6) is -4.92. The molecule has 0 atom stereocenters. The van der Waals surface area contributed by atoms with E-state index >= 15 is 0 Å². The van der Waals surface area contributed by atoms with Crippen LogP contribution < -0.4 is 0 Å². The molecule has 4 rings (SSSR count). The molecule has 0 bridgehead atoms. The SMILES string of the molecule is O=C(CCC(=O)OC1=CC(=O)c2ccccc2C1=O)OC1=CC(=O)c2ccccc2C1=O. The van der Waals surface area contributed by atoms with E-state index in [9.17, 15) is 28.8 Å². The van der Waals surface area contributed by atoms with Crippen molar-refractivity contribution < 1.29 is 38.2 Å². The smallest absolute Gasteiger partial charge is 0.311 e. The highest BCUT2D eigenvalue weighted by Crippen LogP contribution is 2.24. The number of esters is 2. The summed E-state index contributed by atoms with van der Waals surface area (Å²) in [6.07, 6.45) is 0.918. The highest BCUT2D eigenvalue weighted by Gasteiger charge is 2.30.